The third kappa shape index (κ3) is 2.86. The molecule has 0 aliphatic carbocycles. The normalized spacial score (nSPS) is 13.2. The van der Waals surface area contributed by atoms with Gasteiger partial charge in [0.1, 0.15) is 16.5 Å². The Morgan fingerprint density at radius 1 is 0.533 bits per heavy atom. The van der Waals surface area contributed by atoms with Gasteiger partial charge in [0.25, 0.3) is 0 Å². The zero-order valence-electron chi connectivity index (χ0n) is 23.8. The van der Waals surface area contributed by atoms with E-state index in [1.165, 1.54) is 0 Å². The van der Waals surface area contributed by atoms with Crippen LogP contribution in [0.3, 0.4) is 0 Å². The zero-order valence-corrected chi connectivity index (χ0v) is 23.8. The highest BCUT2D eigenvalue weighted by molar-refractivity contribution is 6.22. The molecule has 0 saturated carbocycles. The molecule has 8 nitrogen and oxygen atoms in total. The van der Waals surface area contributed by atoms with Crippen LogP contribution in [0.5, 0.6) is 0 Å². The maximum atomic E-state index is 5.29. The van der Waals surface area contributed by atoms with Crippen molar-refractivity contribution in [2.45, 2.75) is 6.67 Å². The molecule has 8 heteroatoms. The van der Waals surface area contributed by atoms with Crippen LogP contribution in [-0.2, 0) is 6.67 Å². The standard InChI is InChI=1S/C37H22N8/c1-2-8-22(9-3-1)27-20-40-36-32(41-27)26-13-5-11-24-23-10-4-12-25-31-35(39-17-16-38-31)44(33(23)25)37(45(36)34(24)26)30-28-14-6-18-42(28)21-43-19-7-15-29(30)43/h1-20H,21H2. The Morgan fingerprint density at radius 2 is 1.16 bits per heavy atom. The van der Waals surface area contributed by atoms with E-state index in [1.54, 1.807) is 12.4 Å². The highest BCUT2D eigenvalue weighted by Crippen LogP contribution is 2.37. The summed E-state index contributed by atoms with van der Waals surface area (Å²) in [5.41, 5.74) is 11.7. The molecule has 3 aromatic carbocycles. The summed E-state index contributed by atoms with van der Waals surface area (Å²) in [5, 5.41) is 4.38. The first kappa shape index (κ1) is 23.2. The first-order chi connectivity index (χ1) is 22.3. The predicted octanol–water partition coefficient (Wildman–Crippen LogP) is 6.44. The van der Waals surface area contributed by atoms with Crippen molar-refractivity contribution in [2.75, 3.05) is 0 Å². The lowest BCUT2D eigenvalue weighted by molar-refractivity contribution is 0.584. The van der Waals surface area contributed by atoms with Crippen molar-refractivity contribution in [1.29, 1.82) is 0 Å². The third-order valence-corrected chi connectivity index (χ3v) is 9.37. The van der Waals surface area contributed by atoms with Crippen LogP contribution >= 0.6 is 0 Å². The Morgan fingerprint density at radius 3 is 1.87 bits per heavy atom. The molecule has 0 radical (unpaired) electrons. The maximum Gasteiger partial charge on any atom is 0.165 e. The number of hydrogen-bond donors (Lipinski definition) is 0. The highest BCUT2D eigenvalue weighted by atomic mass is 15.2. The minimum atomic E-state index is 0.748. The molecule has 0 unspecified atom stereocenters. The Hall–Kier alpha value is -6.28. The van der Waals surface area contributed by atoms with Crippen molar-refractivity contribution in [3.05, 3.63) is 139 Å². The molecule has 1 aliphatic rings. The fourth-order valence-corrected chi connectivity index (χ4v) is 7.55. The molecule has 0 atom stereocenters. The van der Waals surface area contributed by atoms with Crippen LogP contribution in [0.15, 0.2) is 122 Å². The van der Waals surface area contributed by atoms with E-state index in [0.717, 1.165) is 95.3 Å². The molecule has 45 heavy (non-hydrogen) atoms. The smallest absolute Gasteiger partial charge is 0.165 e. The van der Waals surface area contributed by atoms with Crippen LogP contribution < -0.4 is 5.48 Å². The van der Waals surface area contributed by atoms with Gasteiger partial charge in [0.2, 0.25) is 0 Å². The van der Waals surface area contributed by atoms with E-state index in [0.29, 0.717) is 0 Å². The first-order valence-corrected chi connectivity index (χ1v) is 15.0. The van der Waals surface area contributed by atoms with Crippen LogP contribution in [0.1, 0.15) is 11.4 Å². The number of hydrogen-bond acceptors (Lipinski definition) is 4. The second-order valence-electron chi connectivity index (χ2n) is 11.7. The Kier molecular flexibility index (Phi) is 4.23. The summed E-state index contributed by atoms with van der Waals surface area (Å²) in [6, 6.07) is 32.0. The largest absolute Gasteiger partial charge is 0.329 e. The molecule has 0 bridgehead atoms. The minimum Gasteiger partial charge on any atom is -0.329 e. The SMILES string of the molecule is c1ccc(-c2cnc3c(n2)c2cccc4c5cccc6c7nccnc7n(c(=C7c8cccn8Cn8cccc87)n3c42)c56)cc1. The molecular formula is C37H22N8. The lowest BCUT2D eigenvalue weighted by Crippen LogP contribution is -2.30. The second-order valence-corrected chi connectivity index (χ2v) is 11.7. The van der Waals surface area contributed by atoms with Crippen LogP contribution in [-0.4, -0.2) is 37.9 Å². The average Bonchev–Trinajstić information content (AvgIpc) is 3.87. The van der Waals surface area contributed by atoms with Crippen LogP contribution in [0, 0.1) is 0 Å². The molecule has 7 aromatic heterocycles. The summed E-state index contributed by atoms with van der Waals surface area (Å²) in [7, 11) is 0. The average molecular weight is 579 g/mol. The number of fused-ring (bicyclic) bond motifs is 9. The Bertz CT molecular complexity index is 2860. The van der Waals surface area contributed by atoms with Crippen molar-refractivity contribution in [3.63, 3.8) is 0 Å². The second kappa shape index (κ2) is 8.21. The molecule has 0 fully saturated rings. The Balaban J connectivity index is 1.52. The quantitative estimate of drug-likeness (QED) is 0.225. The van der Waals surface area contributed by atoms with Crippen LogP contribution in [0.2, 0.25) is 0 Å². The van der Waals surface area contributed by atoms with E-state index in [4.69, 9.17) is 19.9 Å². The Labute approximate surface area is 254 Å². The van der Waals surface area contributed by atoms with Crippen molar-refractivity contribution in [3.8, 4) is 11.3 Å². The molecule has 0 amide bonds. The maximum absolute atomic E-state index is 5.29. The highest BCUT2D eigenvalue weighted by Gasteiger charge is 2.27. The zero-order chi connectivity index (χ0) is 29.2. The molecule has 210 valence electrons. The summed E-state index contributed by atoms with van der Waals surface area (Å²) in [6.45, 7) is 0.748. The summed E-state index contributed by atoms with van der Waals surface area (Å²) in [4.78, 5) is 20.4. The van der Waals surface area contributed by atoms with Gasteiger partial charge >= 0.3 is 0 Å². The van der Waals surface area contributed by atoms with Gasteiger partial charge in [-0.2, -0.15) is 0 Å². The topological polar surface area (TPSA) is 70.2 Å². The van der Waals surface area contributed by atoms with Gasteiger partial charge in [0, 0.05) is 51.9 Å². The van der Waals surface area contributed by atoms with E-state index in [9.17, 15) is 0 Å². The van der Waals surface area contributed by atoms with E-state index in [2.05, 4.69) is 103 Å². The molecule has 11 rings (SSSR count). The van der Waals surface area contributed by atoms with Crippen molar-refractivity contribution >= 4 is 60.5 Å². The van der Waals surface area contributed by atoms with Gasteiger partial charge in [-0.1, -0.05) is 66.7 Å². The van der Waals surface area contributed by atoms with Crippen LogP contribution in [0.4, 0.5) is 0 Å². The van der Waals surface area contributed by atoms with Gasteiger partial charge in [-0.05, 0) is 24.3 Å². The molecule has 0 saturated heterocycles. The summed E-state index contributed by atoms with van der Waals surface area (Å²) >= 11 is 0. The van der Waals surface area contributed by atoms with Gasteiger partial charge in [0.15, 0.2) is 11.3 Å². The third-order valence-electron chi connectivity index (χ3n) is 9.37. The molecule has 0 N–H and O–H groups in total. The summed E-state index contributed by atoms with van der Waals surface area (Å²) in [5.74, 6) is 0. The fraction of sp³-hybridized carbons (Fsp3) is 0.0270. The van der Waals surface area contributed by atoms with Gasteiger partial charge in [-0.15, -0.1) is 0 Å². The monoisotopic (exact) mass is 578 g/mol. The van der Waals surface area contributed by atoms with Crippen molar-refractivity contribution in [1.82, 2.24) is 37.9 Å². The van der Waals surface area contributed by atoms with Crippen LogP contribution in [0.25, 0.3) is 71.7 Å². The van der Waals surface area contributed by atoms with E-state index in [1.807, 2.05) is 24.4 Å². The number of benzene rings is 3. The number of rotatable bonds is 1. The van der Waals surface area contributed by atoms with Gasteiger partial charge in [0.05, 0.1) is 46.6 Å². The minimum absolute atomic E-state index is 0.748. The molecular weight excluding hydrogens is 556 g/mol. The first-order valence-electron chi connectivity index (χ1n) is 15.0. The van der Waals surface area contributed by atoms with Crippen molar-refractivity contribution in [2.24, 2.45) is 0 Å². The number of nitrogens with zero attached hydrogens (tertiary/aromatic N) is 8. The van der Waals surface area contributed by atoms with E-state index < -0.39 is 0 Å². The summed E-state index contributed by atoms with van der Waals surface area (Å²) < 4.78 is 9.24. The molecule has 8 heterocycles. The fourth-order valence-electron chi connectivity index (χ4n) is 7.55. The molecule has 10 aromatic rings. The van der Waals surface area contributed by atoms with E-state index in [-0.39, 0.29) is 0 Å². The van der Waals surface area contributed by atoms with E-state index >= 15 is 0 Å². The molecule has 0 spiro atoms. The van der Waals surface area contributed by atoms with Crippen molar-refractivity contribution < 1.29 is 0 Å². The van der Waals surface area contributed by atoms with Gasteiger partial charge in [-0.25, -0.2) is 15.0 Å². The lowest BCUT2D eigenvalue weighted by atomic mass is 10.1. The van der Waals surface area contributed by atoms with Gasteiger partial charge < -0.3 is 9.13 Å². The number of aromatic nitrogens is 8. The molecule has 1 aliphatic heterocycles. The number of para-hydroxylation sites is 2. The summed E-state index contributed by atoms with van der Waals surface area (Å²) in [6.07, 6.45) is 9.76. The predicted molar refractivity (Wildman–Crippen MR) is 176 cm³/mol. The van der Waals surface area contributed by atoms with Gasteiger partial charge in [-0.3, -0.25) is 13.8 Å². The lowest BCUT2D eigenvalue weighted by Gasteiger charge is -2.22.